The van der Waals surface area contributed by atoms with Gasteiger partial charge in [0.1, 0.15) is 0 Å². The second kappa shape index (κ2) is 20.0. The number of rotatable bonds is 19. The van der Waals surface area contributed by atoms with Crippen LogP contribution in [0.3, 0.4) is 0 Å². The zero-order valence-corrected chi connectivity index (χ0v) is 16.5. The van der Waals surface area contributed by atoms with Crippen LogP contribution in [0.5, 0.6) is 0 Å². The minimum absolute atomic E-state index is 0.0355. The van der Waals surface area contributed by atoms with Gasteiger partial charge in [0.25, 0.3) is 0 Å². The maximum Gasteiger partial charge on any atom is 0.0540 e. The van der Waals surface area contributed by atoms with Crippen LogP contribution in [0.4, 0.5) is 0 Å². The Morgan fingerprint density at radius 3 is 1.13 bits per heavy atom. The van der Waals surface area contributed by atoms with E-state index in [-0.39, 0.29) is 6.10 Å². The van der Waals surface area contributed by atoms with Gasteiger partial charge in [-0.25, -0.2) is 0 Å². The molecule has 0 aromatic heterocycles. The van der Waals surface area contributed by atoms with Crippen LogP contribution in [0.25, 0.3) is 0 Å². The van der Waals surface area contributed by atoms with Crippen molar-refractivity contribution < 1.29 is 5.11 Å². The normalized spacial score (nSPS) is 12.7. The minimum atomic E-state index is -0.0355. The zero-order valence-electron chi connectivity index (χ0n) is 16.5. The van der Waals surface area contributed by atoms with Crippen molar-refractivity contribution in [2.24, 2.45) is 0 Å². The van der Waals surface area contributed by atoms with Crippen LogP contribution in [0.15, 0.2) is 0 Å². The molecular formula is C22H46O. The summed E-state index contributed by atoms with van der Waals surface area (Å²) in [5.74, 6) is 0. The molecular weight excluding hydrogens is 280 g/mol. The number of hydrogen-bond donors (Lipinski definition) is 1. The lowest BCUT2D eigenvalue weighted by Crippen LogP contribution is -2.04. The van der Waals surface area contributed by atoms with Gasteiger partial charge in [-0.2, -0.15) is 0 Å². The zero-order chi connectivity index (χ0) is 17.0. The molecule has 0 aliphatic heterocycles. The van der Waals surface area contributed by atoms with E-state index in [4.69, 9.17) is 0 Å². The van der Waals surface area contributed by atoms with Crippen molar-refractivity contribution >= 4 is 0 Å². The summed E-state index contributed by atoms with van der Waals surface area (Å²) in [6.07, 6.45) is 25.7. The predicted octanol–water partition coefficient (Wildman–Crippen LogP) is 7.80. The van der Waals surface area contributed by atoms with Crippen LogP contribution >= 0.6 is 0 Å². The van der Waals surface area contributed by atoms with Gasteiger partial charge in [-0.1, -0.05) is 123 Å². The molecule has 0 heterocycles. The fourth-order valence-electron chi connectivity index (χ4n) is 3.41. The molecule has 1 atom stereocenters. The van der Waals surface area contributed by atoms with Gasteiger partial charge in [0.05, 0.1) is 6.10 Å². The van der Waals surface area contributed by atoms with Crippen molar-refractivity contribution in [2.75, 3.05) is 0 Å². The topological polar surface area (TPSA) is 20.2 Å². The van der Waals surface area contributed by atoms with E-state index < -0.39 is 0 Å². The molecule has 0 radical (unpaired) electrons. The van der Waals surface area contributed by atoms with Gasteiger partial charge in [-0.15, -0.1) is 0 Å². The maximum atomic E-state index is 9.66. The molecule has 23 heavy (non-hydrogen) atoms. The van der Waals surface area contributed by atoms with E-state index in [1.807, 2.05) is 0 Å². The Labute approximate surface area is 147 Å². The molecule has 0 bridgehead atoms. The van der Waals surface area contributed by atoms with Gasteiger partial charge in [0, 0.05) is 0 Å². The molecule has 0 rings (SSSR count). The first-order valence-corrected chi connectivity index (χ1v) is 11.0. The summed E-state index contributed by atoms with van der Waals surface area (Å²) < 4.78 is 0. The molecule has 1 heteroatoms. The molecule has 140 valence electrons. The fourth-order valence-corrected chi connectivity index (χ4v) is 3.41. The summed E-state index contributed by atoms with van der Waals surface area (Å²) in [6.45, 7) is 4.44. The molecule has 0 fully saturated rings. The Hall–Kier alpha value is -0.0400. The minimum Gasteiger partial charge on any atom is -0.393 e. The lowest BCUT2D eigenvalue weighted by Gasteiger charge is -2.08. The summed E-state index contributed by atoms with van der Waals surface area (Å²) in [4.78, 5) is 0. The van der Waals surface area contributed by atoms with Crippen LogP contribution in [0, 0.1) is 0 Å². The molecule has 0 aromatic carbocycles. The highest BCUT2D eigenvalue weighted by Crippen LogP contribution is 2.14. The Morgan fingerprint density at radius 1 is 0.435 bits per heavy atom. The van der Waals surface area contributed by atoms with E-state index in [2.05, 4.69) is 13.8 Å². The number of unbranched alkanes of at least 4 members (excludes halogenated alkanes) is 15. The van der Waals surface area contributed by atoms with Gasteiger partial charge < -0.3 is 5.11 Å². The molecule has 0 aliphatic rings. The third kappa shape index (κ3) is 19.9. The molecule has 0 aliphatic carbocycles. The Kier molecular flexibility index (Phi) is 20.0. The Bertz CT molecular complexity index is 202. The number of aliphatic hydroxyl groups is 1. The van der Waals surface area contributed by atoms with Gasteiger partial charge in [-0.3, -0.25) is 0 Å². The van der Waals surface area contributed by atoms with Crippen LogP contribution in [0.1, 0.15) is 136 Å². The molecule has 0 unspecified atom stereocenters. The molecule has 0 spiro atoms. The highest BCUT2D eigenvalue weighted by atomic mass is 16.3. The number of aliphatic hydroxyl groups excluding tert-OH is 1. The van der Waals surface area contributed by atoms with Crippen molar-refractivity contribution in [3.05, 3.63) is 0 Å². The first kappa shape index (κ1) is 23.0. The van der Waals surface area contributed by atoms with Crippen LogP contribution in [0.2, 0.25) is 0 Å². The van der Waals surface area contributed by atoms with Crippen molar-refractivity contribution in [1.82, 2.24) is 0 Å². The summed E-state index contributed by atoms with van der Waals surface area (Å²) in [5.41, 5.74) is 0. The quantitative estimate of drug-likeness (QED) is 0.240. The molecule has 1 N–H and O–H groups in total. The fraction of sp³-hybridized carbons (Fsp3) is 1.00. The molecule has 0 saturated heterocycles. The predicted molar refractivity (Wildman–Crippen MR) is 105 cm³/mol. The maximum absolute atomic E-state index is 9.66. The van der Waals surface area contributed by atoms with E-state index >= 15 is 0 Å². The third-order valence-corrected chi connectivity index (χ3v) is 5.01. The smallest absolute Gasteiger partial charge is 0.0540 e. The van der Waals surface area contributed by atoms with Crippen molar-refractivity contribution in [3.8, 4) is 0 Å². The summed E-state index contributed by atoms with van der Waals surface area (Å²) in [5, 5.41) is 9.66. The van der Waals surface area contributed by atoms with Crippen LogP contribution in [-0.4, -0.2) is 11.2 Å². The van der Waals surface area contributed by atoms with Crippen LogP contribution in [-0.2, 0) is 0 Å². The van der Waals surface area contributed by atoms with E-state index in [1.54, 1.807) is 0 Å². The van der Waals surface area contributed by atoms with Gasteiger partial charge in [0.15, 0.2) is 0 Å². The summed E-state index contributed by atoms with van der Waals surface area (Å²) in [7, 11) is 0. The largest absolute Gasteiger partial charge is 0.393 e. The second-order valence-corrected chi connectivity index (χ2v) is 7.53. The van der Waals surface area contributed by atoms with Crippen LogP contribution < -0.4 is 0 Å². The first-order valence-electron chi connectivity index (χ1n) is 11.0. The molecule has 0 aromatic rings. The van der Waals surface area contributed by atoms with Gasteiger partial charge in [0.2, 0.25) is 0 Å². The van der Waals surface area contributed by atoms with E-state index in [1.165, 1.54) is 103 Å². The molecule has 0 saturated carbocycles. The number of hydrogen-bond acceptors (Lipinski definition) is 1. The van der Waals surface area contributed by atoms with Crippen molar-refractivity contribution in [1.29, 1.82) is 0 Å². The lowest BCUT2D eigenvalue weighted by atomic mass is 10.0. The van der Waals surface area contributed by atoms with E-state index in [0.717, 1.165) is 19.3 Å². The third-order valence-electron chi connectivity index (χ3n) is 5.01. The van der Waals surface area contributed by atoms with E-state index in [9.17, 15) is 5.11 Å². The average molecular weight is 327 g/mol. The van der Waals surface area contributed by atoms with Crippen molar-refractivity contribution in [3.63, 3.8) is 0 Å². The average Bonchev–Trinajstić information content (AvgIpc) is 2.54. The highest BCUT2D eigenvalue weighted by molar-refractivity contribution is 4.55. The Balaban J connectivity index is 3.00. The standard InChI is InChI=1S/C22H46O/c1-3-5-6-7-8-9-10-11-12-13-14-15-16-17-18-19-21-22(23)20-4-2/h22-23H,3-21H2,1-2H3/t22-/m0/s1. The summed E-state index contributed by atoms with van der Waals surface area (Å²) >= 11 is 0. The van der Waals surface area contributed by atoms with Gasteiger partial charge in [-0.05, 0) is 12.8 Å². The second-order valence-electron chi connectivity index (χ2n) is 7.53. The molecule has 0 amide bonds. The van der Waals surface area contributed by atoms with Crippen molar-refractivity contribution in [2.45, 2.75) is 142 Å². The lowest BCUT2D eigenvalue weighted by molar-refractivity contribution is 0.150. The van der Waals surface area contributed by atoms with Gasteiger partial charge >= 0.3 is 0 Å². The molecule has 1 nitrogen and oxygen atoms in total. The van der Waals surface area contributed by atoms with E-state index in [0.29, 0.717) is 0 Å². The summed E-state index contributed by atoms with van der Waals surface area (Å²) in [6, 6.07) is 0. The Morgan fingerprint density at radius 2 is 0.783 bits per heavy atom. The SMILES string of the molecule is CCCCCCCCCCCCCCCCCC[C@@H](O)CCC. The monoisotopic (exact) mass is 326 g/mol. The highest BCUT2D eigenvalue weighted by Gasteiger charge is 2.01. The first-order chi connectivity index (χ1) is 11.3.